The van der Waals surface area contributed by atoms with Crippen LogP contribution in [0.15, 0.2) is 0 Å². The van der Waals surface area contributed by atoms with Gasteiger partial charge in [-0.2, -0.15) is 0 Å². The van der Waals surface area contributed by atoms with E-state index in [2.05, 4.69) is 0 Å². The second-order valence-electron chi connectivity index (χ2n) is 11.3. The number of aliphatic hydroxyl groups is 14. The molecule has 4 rings (SSSR count). The van der Waals surface area contributed by atoms with E-state index in [9.17, 15) is 71.5 Å². The van der Waals surface area contributed by atoms with Gasteiger partial charge in [-0.25, -0.2) is 0 Å². The number of hydrogen-bond acceptors (Lipinski definition) is 21. The maximum absolute atomic E-state index is 10.5. The van der Waals surface area contributed by atoms with Crippen LogP contribution in [-0.2, 0) is 33.2 Å². The zero-order valence-electron chi connectivity index (χ0n) is 25.5. The van der Waals surface area contributed by atoms with Crippen LogP contribution in [0, 0.1) is 0 Å². The Morgan fingerprint density at radius 2 is 0.800 bits per heavy atom. The van der Waals surface area contributed by atoms with Crippen molar-refractivity contribution in [2.45, 2.75) is 116 Å². The molecule has 4 aliphatic heterocycles. The van der Waals surface area contributed by atoms with E-state index in [0.717, 1.165) is 0 Å². The van der Waals surface area contributed by atoms with Gasteiger partial charge >= 0.3 is 51.4 Å². The zero-order valence-corrected chi connectivity index (χ0v) is 25.5. The van der Waals surface area contributed by atoms with Crippen LogP contribution in [-0.4, -0.2) is 294 Å². The molecule has 0 radical (unpaired) electrons. The first-order valence-corrected chi connectivity index (χ1v) is 14.1. The Bertz CT molecular complexity index is 943. The Balaban J connectivity index is 0. The van der Waals surface area contributed by atoms with Gasteiger partial charge in [0, 0.05) is 0 Å². The summed E-state index contributed by atoms with van der Waals surface area (Å²) in [5.74, 6) is -2.43. The van der Waals surface area contributed by atoms with Gasteiger partial charge in [-0.05, 0) is 0 Å². The van der Waals surface area contributed by atoms with Crippen LogP contribution in [0.5, 0.6) is 0 Å². The Morgan fingerprint density at radius 3 is 1.18 bits per heavy atom. The summed E-state index contributed by atoms with van der Waals surface area (Å²) >= 11 is 0. The quantitative estimate of drug-likeness (QED) is 0.0866. The van der Waals surface area contributed by atoms with Gasteiger partial charge in [0.25, 0.3) is 0 Å². The molecule has 0 aromatic heterocycles. The van der Waals surface area contributed by atoms with E-state index in [1.54, 1.807) is 0 Å². The standard InChI is InChI=1S/C24H42O21.K.4H2O.H/c25-1-6-10(28)14(32)17(35)21(41-6)39-3-8-11(29)15(33)18(36)22(42-8)40-4-9-12(30)16(34)19(37)23(43-9)45-24(5-27)20(38)13(31)7(2-26)44-24;;;;;;/h6-23,25-38H,1-5H2;;4*1H2;/t6-,7-,8-,9-,10+,11+,12-,13-,14+,15+,16+,17-,18-,19-,20+,21+,22+,23-,24+;;;;;;/m1....../s1. The average molecular weight is 779 g/mol. The summed E-state index contributed by atoms with van der Waals surface area (Å²) in [7, 11) is 0. The van der Waals surface area contributed by atoms with Gasteiger partial charge < -0.3 is 127 Å². The first-order valence-electron chi connectivity index (χ1n) is 14.1. The first-order chi connectivity index (χ1) is 21.2. The van der Waals surface area contributed by atoms with Crippen molar-refractivity contribution in [3.63, 3.8) is 0 Å². The fourth-order valence-electron chi connectivity index (χ4n) is 5.39. The molecule has 4 aliphatic rings. The first kappa shape index (κ1) is 52.7. The molecule has 0 aromatic carbocycles. The predicted octanol–water partition coefficient (Wildman–Crippen LogP) is -13.7. The Hall–Kier alpha value is 0.636. The van der Waals surface area contributed by atoms with E-state index >= 15 is 0 Å². The second-order valence-corrected chi connectivity index (χ2v) is 11.3. The van der Waals surface area contributed by atoms with Gasteiger partial charge in [0.1, 0.15) is 98.2 Å². The molecule has 0 unspecified atom stereocenters. The summed E-state index contributed by atoms with van der Waals surface area (Å²) in [6.45, 7) is -4.02. The van der Waals surface area contributed by atoms with Crippen LogP contribution in [0.3, 0.4) is 0 Å². The van der Waals surface area contributed by atoms with Crippen LogP contribution in [0.4, 0.5) is 0 Å². The molecule has 298 valence electrons. The molecule has 0 spiro atoms. The minimum absolute atomic E-state index is 0. The van der Waals surface area contributed by atoms with E-state index in [1.807, 2.05) is 0 Å². The maximum atomic E-state index is 10.5. The summed E-state index contributed by atoms with van der Waals surface area (Å²) in [5, 5.41) is 141. The van der Waals surface area contributed by atoms with Crippen molar-refractivity contribution in [2.75, 3.05) is 33.0 Å². The monoisotopic (exact) mass is 778 g/mol. The molecule has 0 aromatic rings. The average Bonchev–Trinajstić information content (AvgIpc) is 3.28. The third-order valence-corrected chi connectivity index (χ3v) is 8.26. The second kappa shape index (κ2) is 22.3. The van der Waals surface area contributed by atoms with Crippen molar-refractivity contribution in [2.24, 2.45) is 0 Å². The van der Waals surface area contributed by atoms with Gasteiger partial charge in [-0.3, -0.25) is 0 Å². The van der Waals surface area contributed by atoms with Crippen molar-refractivity contribution in [3.8, 4) is 0 Å². The van der Waals surface area contributed by atoms with Gasteiger partial charge in [-0.1, -0.05) is 0 Å². The van der Waals surface area contributed by atoms with Crippen molar-refractivity contribution in [1.29, 1.82) is 0 Å². The molecule has 4 saturated heterocycles. The topological polar surface area (TPSA) is 474 Å². The van der Waals surface area contributed by atoms with Crippen LogP contribution in [0.25, 0.3) is 0 Å². The third kappa shape index (κ3) is 10.7. The molecule has 0 amide bonds. The summed E-state index contributed by atoms with van der Waals surface area (Å²) in [6.07, 6.45) is -31.4. The molecule has 0 saturated carbocycles. The van der Waals surface area contributed by atoms with Crippen molar-refractivity contribution in [3.05, 3.63) is 0 Å². The predicted molar refractivity (Wildman–Crippen MR) is 156 cm³/mol. The van der Waals surface area contributed by atoms with Crippen LogP contribution < -0.4 is 0 Å². The van der Waals surface area contributed by atoms with Crippen molar-refractivity contribution < 1.29 is 127 Å². The molecule has 0 aliphatic carbocycles. The third-order valence-electron chi connectivity index (χ3n) is 8.26. The summed E-state index contributed by atoms with van der Waals surface area (Å²) in [5.41, 5.74) is 0. The molecule has 4 heterocycles. The Morgan fingerprint density at radius 1 is 0.440 bits per heavy atom. The molecule has 0 bridgehead atoms. The molecule has 25 nitrogen and oxygen atoms in total. The molecular weight excluding hydrogens is 727 g/mol. The fourth-order valence-corrected chi connectivity index (χ4v) is 5.39. The Labute approximate surface area is 325 Å². The van der Waals surface area contributed by atoms with Crippen LogP contribution in [0.2, 0.25) is 0 Å². The molecule has 50 heavy (non-hydrogen) atoms. The van der Waals surface area contributed by atoms with Crippen molar-refractivity contribution in [1.82, 2.24) is 0 Å². The Kier molecular flexibility index (Phi) is 23.5. The molecule has 26 heteroatoms. The van der Waals surface area contributed by atoms with E-state index < -0.39 is 149 Å². The van der Waals surface area contributed by atoms with Gasteiger partial charge in [-0.15, -0.1) is 0 Å². The van der Waals surface area contributed by atoms with Gasteiger partial charge in [0.05, 0.1) is 26.4 Å². The van der Waals surface area contributed by atoms with E-state index in [4.69, 9.17) is 33.2 Å². The minimum atomic E-state index is -2.43. The molecule has 4 fully saturated rings. The number of aliphatic hydroxyl groups excluding tert-OH is 14. The van der Waals surface area contributed by atoms with E-state index in [-0.39, 0.29) is 73.3 Å². The molecule has 22 N–H and O–H groups in total. The molecular formula is C24H51KO25. The van der Waals surface area contributed by atoms with Gasteiger partial charge in [0.15, 0.2) is 18.9 Å². The zero-order chi connectivity index (χ0) is 33.4. The van der Waals surface area contributed by atoms with E-state index in [1.165, 1.54) is 0 Å². The molecule has 19 atom stereocenters. The number of hydrogen-bond donors (Lipinski definition) is 14. The number of rotatable bonds is 11. The SMILES string of the molecule is O.O.O.O.OC[C@H]1O[C@H](OC[C@H]2O[C@H](OC[C@H]3O[C@H](O[C@]4(CO)O[C@H](CO)[C@@H](O)[C@@H]4O)[C@H](O)[C@@H](O)[C@@H]3O)[C@H](O)[C@@H](O)[C@H]2O)[C@H](O)[C@@H](O)[C@H]1O.[KH]. The summed E-state index contributed by atoms with van der Waals surface area (Å²) in [6, 6.07) is 0. The summed E-state index contributed by atoms with van der Waals surface area (Å²) in [4.78, 5) is 0. The van der Waals surface area contributed by atoms with E-state index in [0.29, 0.717) is 0 Å². The fraction of sp³-hybridized carbons (Fsp3) is 1.00. The van der Waals surface area contributed by atoms with Crippen LogP contribution in [0.1, 0.15) is 0 Å². The normalized spacial score (nSPS) is 47.4. The van der Waals surface area contributed by atoms with Gasteiger partial charge in [0.2, 0.25) is 5.79 Å². The number of ether oxygens (including phenoxy) is 7. The summed E-state index contributed by atoms with van der Waals surface area (Å²) < 4.78 is 37.6. The van der Waals surface area contributed by atoms with Crippen molar-refractivity contribution >= 4 is 51.4 Å². The van der Waals surface area contributed by atoms with Crippen LogP contribution >= 0.6 is 0 Å².